The van der Waals surface area contributed by atoms with Gasteiger partial charge in [-0.1, -0.05) is 72.0 Å². The lowest BCUT2D eigenvalue weighted by atomic mass is 9.83. The van der Waals surface area contributed by atoms with Gasteiger partial charge in [-0.25, -0.2) is 0 Å². The monoisotopic (exact) mass is 466 g/mol. The van der Waals surface area contributed by atoms with E-state index in [2.05, 4.69) is 26.0 Å². The average Bonchev–Trinajstić information content (AvgIpc) is 3.10. The molecule has 0 N–H and O–H groups in total. The molecule has 1 fully saturated rings. The predicted molar refractivity (Wildman–Crippen MR) is 134 cm³/mol. The molecule has 0 heterocycles. The van der Waals surface area contributed by atoms with Gasteiger partial charge in [0.15, 0.2) is 0 Å². The first-order valence-electron chi connectivity index (χ1n) is 13.5. The van der Waals surface area contributed by atoms with Crippen LogP contribution in [-0.4, -0.2) is 44.8 Å². The van der Waals surface area contributed by atoms with Gasteiger partial charge in [0.2, 0.25) is 0 Å². The average molecular weight is 467 g/mol. The number of hydrogen-bond donors (Lipinski definition) is 0. The number of esters is 1. The molecule has 1 aliphatic carbocycles. The Hall–Kier alpha value is -1.20. The minimum absolute atomic E-state index is 0.0748. The van der Waals surface area contributed by atoms with Crippen LogP contribution in [0.15, 0.2) is 12.2 Å². The van der Waals surface area contributed by atoms with E-state index in [9.17, 15) is 9.59 Å². The number of hydrogen-bond acceptors (Lipinski definition) is 5. The quantitative estimate of drug-likeness (QED) is 0.116. The van der Waals surface area contributed by atoms with Crippen LogP contribution in [0, 0.1) is 23.7 Å². The molecule has 1 aliphatic rings. The summed E-state index contributed by atoms with van der Waals surface area (Å²) >= 11 is 0. The summed E-state index contributed by atoms with van der Waals surface area (Å²) in [7, 11) is 0. The van der Waals surface area contributed by atoms with Crippen molar-refractivity contribution in [3.8, 4) is 0 Å². The molecule has 3 atom stereocenters. The van der Waals surface area contributed by atoms with E-state index < -0.39 is 0 Å². The fourth-order valence-corrected chi connectivity index (χ4v) is 4.57. The van der Waals surface area contributed by atoms with Crippen molar-refractivity contribution >= 4 is 11.8 Å². The van der Waals surface area contributed by atoms with Crippen LogP contribution in [0.3, 0.4) is 0 Å². The van der Waals surface area contributed by atoms with Crippen LogP contribution in [0.25, 0.3) is 0 Å². The summed E-state index contributed by atoms with van der Waals surface area (Å²) in [5.41, 5.74) is 0. The first-order valence-corrected chi connectivity index (χ1v) is 13.5. The maximum atomic E-state index is 12.6. The van der Waals surface area contributed by atoms with Gasteiger partial charge in [-0.15, -0.1) is 0 Å². The SMILES string of the molecule is CCCCCCCOCCOCC[C@@H]1C(CC=CCCCOC(=O)C(C)C)C(=O)C[C@H]1CC. The van der Waals surface area contributed by atoms with E-state index in [1.165, 1.54) is 25.7 Å². The van der Waals surface area contributed by atoms with Crippen LogP contribution in [-0.2, 0) is 23.8 Å². The van der Waals surface area contributed by atoms with E-state index in [0.29, 0.717) is 50.5 Å². The number of unbranched alkanes of at least 4 members (excludes halogenated alkanes) is 5. The largest absolute Gasteiger partial charge is 0.465 e. The van der Waals surface area contributed by atoms with E-state index in [1.807, 2.05) is 13.8 Å². The summed E-state index contributed by atoms with van der Waals surface area (Å²) in [5.74, 6) is 1.21. The maximum absolute atomic E-state index is 12.6. The molecular formula is C28H50O5. The topological polar surface area (TPSA) is 61.8 Å². The third-order valence-corrected chi connectivity index (χ3v) is 6.67. The lowest BCUT2D eigenvalue weighted by molar-refractivity contribution is -0.147. The number of rotatable bonds is 20. The van der Waals surface area contributed by atoms with Gasteiger partial charge in [-0.2, -0.15) is 0 Å². The second-order valence-electron chi connectivity index (χ2n) is 9.71. The van der Waals surface area contributed by atoms with Crippen LogP contribution in [0.5, 0.6) is 0 Å². The summed E-state index contributed by atoms with van der Waals surface area (Å²) in [6.07, 6.45) is 15.8. The minimum Gasteiger partial charge on any atom is -0.465 e. The van der Waals surface area contributed by atoms with Crippen LogP contribution in [0.2, 0.25) is 0 Å². The summed E-state index contributed by atoms with van der Waals surface area (Å²) < 4.78 is 16.7. The molecule has 1 unspecified atom stereocenters. The fourth-order valence-electron chi connectivity index (χ4n) is 4.57. The lowest BCUT2D eigenvalue weighted by Crippen LogP contribution is -2.20. The normalized spacial score (nSPS) is 20.9. The van der Waals surface area contributed by atoms with Crippen molar-refractivity contribution in [2.24, 2.45) is 23.7 Å². The fraction of sp³-hybridized carbons (Fsp3) is 0.857. The summed E-state index contributed by atoms with van der Waals surface area (Å²) in [5, 5.41) is 0. The molecule has 0 amide bonds. The second-order valence-corrected chi connectivity index (χ2v) is 9.71. The molecule has 1 saturated carbocycles. The van der Waals surface area contributed by atoms with E-state index >= 15 is 0 Å². The van der Waals surface area contributed by atoms with E-state index in [-0.39, 0.29) is 17.8 Å². The van der Waals surface area contributed by atoms with Crippen molar-refractivity contribution in [2.45, 2.75) is 98.3 Å². The molecule has 0 aromatic rings. The molecule has 0 saturated heterocycles. The highest BCUT2D eigenvalue weighted by molar-refractivity contribution is 5.84. The Morgan fingerprint density at radius 3 is 2.36 bits per heavy atom. The van der Waals surface area contributed by atoms with Gasteiger partial charge in [-0.3, -0.25) is 9.59 Å². The second kappa shape index (κ2) is 19.1. The number of carbonyl (C=O) groups is 2. The summed E-state index contributed by atoms with van der Waals surface area (Å²) in [4.78, 5) is 24.1. The lowest BCUT2D eigenvalue weighted by Gasteiger charge is -2.22. The van der Waals surface area contributed by atoms with Gasteiger partial charge in [0, 0.05) is 25.6 Å². The molecule has 5 heteroatoms. The molecule has 5 nitrogen and oxygen atoms in total. The van der Waals surface area contributed by atoms with Crippen molar-refractivity contribution in [1.82, 2.24) is 0 Å². The third-order valence-electron chi connectivity index (χ3n) is 6.67. The minimum atomic E-state index is -0.139. The molecule has 0 aromatic heterocycles. The Morgan fingerprint density at radius 1 is 0.939 bits per heavy atom. The Morgan fingerprint density at radius 2 is 1.67 bits per heavy atom. The smallest absolute Gasteiger partial charge is 0.308 e. The van der Waals surface area contributed by atoms with E-state index in [1.54, 1.807) is 0 Å². The molecule has 33 heavy (non-hydrogen) atoms. The van der Waals surface area contributed by atoms with Crippen molar-refractivity contribution < 1.29 is 23.8 Å². The van der Waals surface area contributed by atoms with Gasteiger partial charge in [0.25, 0.3) is 0 Å². The highest BCUT2D eigenvalue weighted by Crippen LogP contribution is 2.40. The molecule has 192 valence electrons. The highest BCUT2D eigenvalue weighted by atomic mass is 16.5. The Kier molecular flexibility index (Phi) is 17.3. The Labute approximate surface area is 203 Å². The number of ketones is 1. The number of allylic oxidation sites excluding steroid dienone is 2. The number of Topliss-reactive ketones (excluding diaryl/α,β-unsaturated/α-hetero) is 1. The molecule has 1 rings (SSSR count). The third kappa shape index (κ3) is 13.3. The number of ether oxygens (including phenoxy) is 3. The van der Waals surface area contributed by atoms with Gasteiger partial charge in [0.1, 0.15) is 5.78 Å². The van der Waals surface area contributed by atoms with Gasteiger partial charge in [0.05, 0.1) is 25.7 Å². The summed E-state index contributed by atoms with van der Waals surface area (Å²) in [6, 6.07) is 0. The Balaban J connectivity index is 2.21. The summed E-state index contributed by atoms with van der Waals surface area (Å²) in [6.45, 7) is 11.4. The molecule has 0 radical (unpaired) electrons. The van der Waals surface area contributed by atoms with Crippen LogP contribution in [0.4, 0.5) is 0 Å². The zero-order valence-corrected chi connectivity index (χ0v) is 21.8. The van der Waals surface area contributed by atoms with Crippen LogP contribution < -0.4 is 0 Å². The van der Waals surface area contributed by atoms with Crippen LogP contribution >= 0.6 is 0 Å². The van der Waals surface area contributed by atoms with E-state index in [0.717, 1.165) is 45.1 Å². The molecule has 0 bridgehead atoms. The standard InChI is InChI=1S/C28H50O5/c1-5-7-8-10-13-17-31-20-21-32-19-16-25-24(6-2)22-27(29)26(25)15-12-9-11-14-18-33-28(30)23(3)4/h9,12,23-26H,5-8,10-11,13-22H2,1-4H3/t24-,25+,26?/m1/s1. The Bertz CT molecular complexity index is 542. The highest BCUT2D eigenvalue weighted by Gasteiger charge is 2.40. The van der Waals surface area contributed by atoms with E-state index in [4.69, 9.17) is 14.2 Å². The molecule has 0 aliphatic heterocycles. The zero-order valence-electron chi connectivity index (χ0n) is 21.8. The first-order chi connectivity index (χ1) is 16.0. The zero-order chi connectivity index (χ0) is 24.3. The van der Waals surface area contributed by atoms with Crippen molar-refractivity contribution in [3.63, 3.8) is 0 Å². The van der Waals surface area contributed by atoms with Gasteiger partial charge in [-0.05, 0) is 43.9 Å². The first kappa shape index (κ1) is 29.8. The molecule has 0 spiro atoms. The van der Waals surface area contributed by atoms with Crippen molar-refractivity contribution in [2.75, 3.05) is 33.0 Å². The molecular weight excluding hydrogens is 416 g/mol. The van der Waals surface area contributed by atoms with Gasteiger partial charge < -0.3 is 14.2 Å². The van der Waals surface area contributed by atoms with Crippen molar-refractivity contribution in [3.05, 3.63) is 12.2 Å². The number of carbonyl (C=O) groups excluding carboxylic acids is 2. The van der Waals surface area contributed by atoms with Crippen molar-refractivity contribution in [1.29, 1.82) is 0 Å². The predicted octanol–water partition coefficient (Wildman–Crippen LogP) is 6.54. The van der Waals surface area contributed by atoms with Gasteiger partial charge >= 0.3 is 5.97 Å². The molecule has 0 aromatic carbocycles. The maximum Gasteiger partial charge on any atom is 0.308 e. The van der Waals surface area contributed by atoms with Crippen LogP contribution in [0.1, 0.15) is 98.3 Å².